The zero-order valence-electron chi connectivity index (χ0n) is 14.6. The van der Waals surface area contributed by atoms with Crippen LogP contribution in [0.15, 0.2) is 35.4 Å². The molecule has 1 unspecified atom stereocenters. The highest BCUT2D eigenvalue weighted by molar-refractivity contribution is 5.92. The second kappa shape index (κ2) is 7.57. The lowest BCUT2D eigenvalue weighted by atomic mass is 10.1. The van der Waals surface area contributed by atoms with E-state index >= 15 is 0 Å². The van der Waals surface area contributed by atoms with Crippen LogP contribution in [0.2, 0.25) is 0 Å². The summed E-state index contributed by atoms with van der Waals surface area (Å²) in [7, 11) is 2.08. The van der Waals surface area contributed by atoms with Gasteiger partial charge in [-0.1, -0.05) is 6.07 Å². The van der Waals surface area contributed by atoms with Gasteiger partial charge in [0.25, 0.3) is 5.91 Å². The number of amides is 1. The molecular formula is C18H23N5O2. The number of H-pyrrole nitrogens is 1. The molecule has 2 aromatic rings. The van der Waals surface area contributed by atoms with Crippen molar-refractivity contribution in [3.05, 3.63) is 58.0 Å². The van der Waals surface area contributed by atoms with Crippen molar-refractivity contribution in [1.29, 1.82) is 0 Å². The number of pyridine rings is 1. The summed E-state index contributed by atoms with van der Waals surface area (Å²) in [4.78, 5) is 38.6. The minimum atomic E-state index is -0.477. The molecule has 1 N–H and O–H groups in total. The van der Waals surface area contributed by atoms with Crippen LogP contribution in [0, 0.1) is 12.8 Å². The molecule has 1 aliphatic heterocycles. The van der Waals surface area contributed by atoms with Crippen LogP contribution in [-0.4, -0.2) is 57.3 Å². The molecule has 25 heavy (non-hydrogen) atoms. The molecule has 0 spiro atoms. The highest BCUT2D eigenvalue weighted by atomic mass is 16.2. The topological polar surface area (TPSA) is 82.2 Å². The molecule has 1 aliphatic rings. The largest absolute Gasteiger partial charge is 0.345 e. The summed E-state index contributed by atoms with van der Waals surface area (Å²) in [6, 6.07) is 5.64. The first-order chi connectivity index (χ1) is 12.0. The summed E-state index contributed by atoms with van der Waals surface area (Å²) in [6.45, 7) is 4.91. The van der Waals surface area contributed by atoms with Gasteiger partial charge in [-0.2, -0.15) is 4.98 Å². The second-order valence-electron chi connectivity index (χ2n) is 6.72. The van der Waals surface area contributed by atoms with Crippen molar-refractivity contribution >= 4 is 5.91 Å². The minimum absolute atomic E-state index is 0.161. The zero-order chi connectivity index (χ0) is 17.8. The molecule has 2 aromatic heterocycles. The summed E-state index contributed by atoms with van der Waals surface area (Å²) in [6.07, 6.45) is 4.61. The van der Waals surface area contributed by atoms with Crippen LogP contribution in [0.25, 0.3) is 0 Å². The summed E-state index contributed by atoms with van der Waals surface area (Å²) >= 11 is 0. The fourth-order valence-corrected chi connectivity index (χ4v) is 3.33. The van der Waals surface area contributed by atoms with Crippen molar-refractivity contribution in [3.63, 3.8) is 0 Å². The van der Waals surface area contributed by atoms with E-state index in [1.54, 1.807) is 24.1 Å². The number of carbonyl (C=O) groups is 1. The second-order valence-corrected chi connectivity index (χ2v) is 6.72. The van der Waals surface area contributed by atoms with Crippen molar-refractivity contribution in [1.82, 2.24) is 24.8 Å². The van der Waals surface area contributed by atoms with Gasteiger partial charge in [0.15, 0.2) is 0 Å². The van der Waals surface area contributed by atoms with Crippen molar-refractivity contribution in [2.24, 2.45) is 5.92 Å². The molecule has 7 heteroatoms. The maximum Gasteiger partial charge on any atom is 0.345 e. The maximum atomic E-state index is 12.6. The number of aryl methyl sites for hydroxylation is 1. The van der Waals surface area contributed by atoms with Gasteiger partial charge in [0, 0.05) is 44.3 Å². The van der Waals surface area contributed by atoms with Crippen LogP contribution in [0.1, 0.15) is 28.2 Å². The lowest BCUT2D eigenvalue weighted by Crippen LogP contribution is -2.33. The molecule has 132 valence electrons. The smallest absolute Gasteiger partial charge is 0.337 e. The summed E-state index contributed by atoms with van der Waals surface area (Å²) in [5, 5.41) is 0. The molecule has 0 aromatic carbocycles. The Kier molecular flexibility index (Phi) is 5.23. The van der Waals surface area contributed by atoms with E-state index in [0.29, 0.717) is 24.7 Å². The van der Waals surface area contributed by atoms with Crippen molar-refractivity contribution in [3.8, 4) is 0 Å². The van der Waals surface area contributed by atoms with Gasteiger partial charge in [-0.05, 0) is 44.0 Å². The fraction of sp³-hybridized carbons (Fsp3) is 0.444. The monoisotopic (exact) mass is 341 g/mol. The first kappa shape index (κ1) is 17.3. The van der Waals surface area contributed by atoms with E-state index < -0.39 is 5.69 Å². The summed E-state index contributed by atoms with van der Waals surface area (Å²) < 4.78 is 0. The van der Waals surface area contributed by atoms with Gasteiger partial charge in [-0.25, -0.2) is 4.79 Å². The van der Waals surface area contributed by atoms with E-state index in [1.807, 2.05) is 12.3 Å². The van der Waals surface area contributed by atoms with Crippen molar-refractivity contribution in [2.45, 2.75) is 19.9 Å². The Morgan fingerprint density at radius 1 is 1.48 bits per heavy atom. The maximum absolute atomic E-state index is 12.6. The molecular weight excluding hydrogens is 318 g/mol. The third kappa shape index (κ3) is 4.51. The van der Waals surface area contributed by atoms with Gasteiger partial charge >= 0.3 is 5.69 Å². The van der Waals surface area contributed by atoms with E-state index in [4.69, 9.17) is 0 Å². The number of nitrogens with one attached hydrogen (secondary N) is 1. The Bertz CT molecular complexity index is 790. The number of rotatable bonds is 5. The zero-order valence-corrected chi connectivity index (χ0v) is 14.6. The number of aromatic amines is 1. The number of likely N-dealkylation sites (tertiary alicyclic amines) is 1. The standard InChI is InChI=1S/C18H23N5O2/c1-13-8-16(21-18(25)20-13)17(24)23-7-5-15(12-23)11-22(2)10-14-4-3-6-19-9-14/h3-4,6,8-9,15H,5,7,10-12H2,1-2H3,(H,20,21,25). The highest BCUT2D eigenvalue weighted by Crippen LogP contribution is 2.19. The molecule has 1 amide bonds. The number of hydrogen-bond donors (Lipinski definition) is 1. The molecule has 0 radical (unpaired) electrons. The number of hydrogen-bond acceptors (Lipinski definition) is 5. The van der Waals surface area contributed by atoms with Gasteiger partial charge in [0.05, 0.1) is 0 Å². The van der Waals surface area contributed by atoms with Crippen molar-refractivity contribution < 1.29 is 4.79 Å². The molecule has 1 saturated heterocycles. The van der Waals surface area contributed by atoms with Gasteiger partial charge < -0.3 is 14.8 Å². The Morgan fingerprint density at radius 2 is 2.32 bits per heavy atom. The molecule has 0 saturated carbocycles. The van der Waals surface area contributed by atoms with Crippen LogP contribution < -0.4 is 5.69 Å². The molecule has 1 fully saturated rings. The SMILES string of the molecule is Cc1cc(C(=O)N2CCC(CN(C)Cc3cccnc3)C2)nc(=O)[nH]1. The minimum Gasteiger partial charge on any atom is -0.337 e. The van der Waals surface area contributed by atoms with Crippen LogP contribution in [0.3, 0.4) is 0 Å². The van der Waals surface area contributed by atoms with Gasteiger partial charge in [0.2, 0.25) is 0 Å². The Hall–Kier alpha value is -2.54. The third-order valence-corrected chi connectivity index (χ3v) is 4.42. The van der Waals surface area contributed by atoms with Gasteiger partial charge in [0.1, 0.15) is 5.69 Å². The third-order valence-electron chi connectivity index (χ3n) is 4.42. The Labute approximate surface area is 146 Å². The number of carbonyl (C=O) groups excluding carboxylic acids is 1. The van der Waals surface area contributed by atoms with E-state index in [0.717, 1.165) is 19.5 Å². The molecule has 0 bridgehead atoms. The first-order valence-electron chi connectivity index (χ1n) is 8.46. The predicted octanol–water partition coefficient (Wildman–Crippen LogP) is 1.07. The predicted molar refractivity (Wildman–Crippen MR) is 94.2 cm³/mol. The normalized spacial score (nSPS) is 17.2. The first-order valence-corrected chi connectivity index (χ1v) is 8.46. The van der Waals surface area contributed by atoms with Crippen LogP contribution in [0.4, 0.5) is 0 Å². The Morgan fingerprint density at radius 3 is 3.04 bits per heavy atom. The van der Waals surface area contributed by atoms with Crippen LogP contribution in [-0.2, 0) is 6.54 Å². The summed E-state index contributed by atoms with van der Waals surface area (Å²) in [5.41, 5.74) is 1.58. The van der Waals surface area contributed by atoms with E-state index in [1.165, 1.54) is 5.56 Å². The average molecular weight is 341 g/mol. The molecule has 7 nitrogen and oxygen atoms in total. The quantitative estimate of drug-likeness (QED) is 0.880. The summed E-state index contributed by atoms with van der Waals surface area (Å²) in [5.74, 6) is 0.264. The molecule has 0 aliphatic carbocycles. The van der Waals surface area contributed by atoms with Gasteiger partial charge in [-0.15, -0.1) is 0 Å². The van der Waals surface area contributed by atoms with E-state index in [2.05, 4.69) is 33.0 Å². The number of nitrogens with zero attached hydrogens (tertiary/aromatic N) is 4. The lowest BCUT2D eigenvalue weighted by Gasteiger charge is -2.21. The van der Waals surface area contributed by atoms with Crippen LogP contribution in [0.5, 0.6) is 0 Å². The molecule has 1 atom stereocenters. The Balaban J connectivity index is 1.56. The average Bonchev–Trinajstić information content (AvgIpc) is 3.02. The van der Waals surface area contributed by atoms with E-state index in [9.17, 15) is 9.59 Å². The highest BCUT2D eigenvalue weighted by Gasteiger charge is 2.28. The van der Waals surface area contributed by atoms with E-state index in [-0.39, 0.29) is 11.6 Å². The lowest BCUT2D eigenvalue weighted by molar-refractivity contribution is 0.0777. The van der Waals surface area contributed by atoms with Gasteiger partial charge in [-0.3, -0.25) is 9.78 Å². The molecule has 3 rings (SSSR count). The number of aromatic nitrogens is 3. The van der Waals surface area contributed by atoms with Crippen molar-refractivity contribution in [2.75, 3.05) is 26.7 Å². The van der Waals surface area contributed by atoms with Crippen LogP contribution >= 0.6 is 0 Å². The fourth-order valence-electron chi connectivity index (χ4n) is 3.33. The molecule has 3 heterocycles.